The van der Waals surface area contributed by atoms with Crippen LogP contribution in [-0.4, -0.2) is 25.3 Å². The van der Waals surface area contributed by atoms with Crippen LogP contribution in [0.3, 0.4) is 0 Å². The molecular weight excluding hydrogens is 346 g/mol. The van der Waals surface area contributed by atoms with Gasteiger partial charge in [0.25, 0.3) is 0 Å². The fourth-order valence-corrected chi connectivity index (χ4v) is 2.84. The lowest BCUT2D eigenvalue weighted by Crippen LogP contribution is -2.39. The molecule has 0 radical (unpaired) electrons. The van der Waals surface area contributed by atoms with Crippen molar-refractivity contribution in [1.82, 2.24) is 5.32 Å². The van der Waals surface area contributed by atoms with Gasteiger partial charge in [-0.2, -0.15) is 0 Å². The van der Waals surface area contributed by atoms with Crippen LogP contribution in [0.1, 0.15) is 39.5 Å². The minimum Gasteiger partial charge on any atom is -0.490 e. The molecule has 2 rings (SSSR count). The summed E-state index contributed by atoms with van der Waals surface area (Å²) in [6.07, 6.45) is 3.99. The van der Waals surface area contributed by atoms with E-state index >= 15 is 0 Å². The summed E-state index contributed by atoms with van der Waals surface area (Å²) in [7, 11) is 0. The van der Waals surface area contributed by atoms with E-state index in [4.69, 9.17) is 9.47 Å². The Kier molecular flexibility index (Phi) is 6.12. The van der Waals surface area contributed by atoms with E-state index in [0.717, 1.165) is 35.9 Å². The summed E-state index contributed by atoms with van der Waals surface area (Å²) in [4.78, 5) is 11.7. The van der Waals surface area contributed by atoms with Gasteiger partial charge in [0.05, 0.1) is 0 Å². The van der Waals surface area contributed by atoms with E-state index in [9.17, 15) is 4.79 Å². The van der Waals surface area contributed by atoms with Gasteiger partial charge in [-0.15, -0.1) is 0 Å². The van der Waals surface area contributed by atoms with Gasteiger partial charge in [0.15, 0.2) is 0 Å². The molecule has 22 heavy (non-hydrogen) atoms. The van der Waals surface area contributed by atoms with Gasteiger partial charge in [-0.3, -0.25) is 0 Å². The molecule has 1 aromatic rings. The molecule has 1 N–H and O–H groups in total. The van der Waals surface area contributed by atoms with Gasteiger partial charge in [-0.1, -0.05) is 29.8 Å². The smallest absolute Gasteiger partial charge is 0.407 e. The molecule has 0 spiro atoms. The van der Waals surface area contributed by atoms with Crippen molar-refractivity contribution in [3.05, 3.63) is 28.7 Å². The SMILES string of the molecule is CC1(C)CCC(NC(=O)OCCOc2ccc(Br)cc2)CC1. The fourth-order valence-electron chi connectivity index (χ4n) is 2.58. The fraction of sp³-hybridized carbons (Fsp3) is 0.588. The summed E-state index contributed by atoms with van der Waals surface area (Å²) in [5.74, 6) is 0.765. The highest BCUT2D eigenvalue weighted by Gasteiger charge is 2.27. The first kappa shape index (κ1) is 17.1. The van der Waals surface area contributed by atoms with Crippen LogP contribution in [0.15, 0.2) is 28.7 Å². The van der Waals surface area contributed by atoms with E-state index in [1.165, 1.54) is 0 Å². The molecule has 0 aromatic heterocycles. The summed E-state index contributed by atoms with van der Waals surface area (Å²) in [5, 5.41) is 2.94. The summed E-state index contributed by atoms with van der Waals surface area (Å²) < 4.78 is 11.7. The second-order valence-electron chi connectivity index (χ2n) is 6.52. The molecule has 4 nitrogen and oxygen atoms in total. The number of carbonyl (C=O) groups is 1. The van der Waals surface area contributed by atoms with Crippen molar-refractivity contribution in [3.8, 4) is 5.75 Å². The molecular formula is C17H24BrNO3. The third-order valence-corrected chi connectivity index (χ3v) is 4.59. The second-order valence-corrected chi connectivity index (χ2v) is 7.44. The predicted octanol–water partition coefficient (Wildman–Crippen LogP) is 4.52. The van der Waals surface area contributed by atoms with Gasteiger partial charge in [-0.05, 0) is 55.4 Å². The number of hydrogen-bond donors (Lipinski definition) is 1. The van der Waals surface area contributed by atoms with E-state index in [-0.39, 0.29) is 18.7 Å². The Labute approximate surface area is 140 Å². The average Bonchev–Trinajstić information content (AvgIpc) is 2.48. The van der Waals surface area contributed by atoms with Crippen LogP contribution in [0.5, 0.6) is 5.75 Å². The summed E-state index contributed by atoms with van der Waals surface area (Å²) >= 11 is 3.37. The van der Waals surface area contributed by atoms with Crippen LogP contribution in [0.2, 0.25) is 0 Å². The van der Waals surface area contributed by atoms with Crippen molar-refractivity contribution in [2.24, 2.45) is 5.41 Å². The zero-order valence-corrected chi connectivity index (χ0v) is 14.8. The number of hydrogen-bond acceptors (Lipinski definition) is 3. The van der Waals surface area contributed by atoms with Gasteiger partial charge < -0.3 is 14.8 Å². The van der Waals surface area contributed by atoms with E-state index < -0.39 is 0 Å². The molecule has 1 aliphatic rings. The van der Waals surface area contributed by atoms with Crippen LogP contribution < -0.4 is 10.1 Å². The summed E-state index contributed by atoms with van der Waals surface area (Å²) in [6, 6.07) is 7.80. The molecule has 1 aromatic carbocycles. The zero-order chi connectivity index (χ0) is 16.0. The standard InChI is InChI=1S/C17H24BrNO3/c1-17(2)9-7-14(8-10-17)19-16(20)22-12-11-21-15-5-3-13(18)4-6-15/h3-6,14H,7-12H2,1-2H3,(H,19,20). The second kappa shape index (κ2) is 7.86. The first-order valence-electron chi connectivity index (χ1n) is 7.76. The van der Waals surface area contributed by atoms with Gasteiger partial charge in [0, 0.05) is 10.5 Å². The highest BCUT2D eigenvalue weighted by atomic mass is 79.9. The largest absolute Gasteiger partial charge is 0.490 e. The van der Waals surface area contributed by atoms with Gasteiger partial charge in [-0.25, -0.2) is 4.79 Å². The van der Waals surface area contributed by atoms with Crippen molar-refractivity contribution < 1.29 is 14.3 Å². The molecule has 0 saturated heterocycles. The number of nitrogens with one attached hydrogen (secondary N) is 1. The van der Waals surface area contributed by atoms with Crippen molar-refractivity contribution in [2.75, 3.05) is 13.2 Å². The average molecular weight is 370 g/mol. The molecule has 0 heterocycles. The lowest BCUT2D eigenvalue weighted by atomic mass is 9.76. The first-order valence-corrected chi connectivity index (χ1v) is 8.56. The van der Waals surface area contributed by atoms with Crippen molar-refractivity contribution in [2.45, 2.75) is 45.6 Å². The summed E-state index contributed by atoms with van der Waals surface area (Å²) in [5.41, 5.74) is 0.403. The Morgan fingerprint density at radius 3 is 2.50 bits per heavy atom. The molecule has 0 aliphatic heterocycles. The minimum atomic E-state index is -0.343. The third-order valence-electron chi connectivity index (χ3n) is 4.06. The van der Waals surface area contributed by atoms with E-state index in [1.807, 2.05) is 24.3 Å². The highest BCUT2D eigenvalue weighted by Crippen LogP contribution is 2.34. The van der Waals surface area contributed by atoms with Crippen LogP contribution >= 0.6 is 15.9 Å². The first-order chi connectivity index (χ1) is 10.4. The van der Waals surface area contributed by atoms with Crippen LogP contribution in [0.4, 0.5) is 4.79 Å². The third kappa shape index (κ3) is 5.87. The van der Waals surface area contributed by atoms with E-state index in [1.54, 1.807) is 0 Å². The Bertz CT molecular complexity index is 477. The van der Waals surface area contributed by atoms with Crippen molar-refractivity contribution in [1.29, 1.82) is 0 Å². The summed E-state index contributed by atoms with van der Waals surface area (Å²) in [6.45, 7) is 5.16. The van der Waals surface area contributed by atoms with Crippen LogP contribution in [0.25, 0.3) is 0 Å². The number of alkyl carbamates (subject to hydrolysis) is 1. The molecule has 1 fully saturated rings. The van der Waals surface area contributed by atoms with Gasteiger partial charge in [0.1, 0.15) is 19.0 Å². The van der Waals surface area contributed by atoms with Gasteiger partial charge in [0.2, 0.25) is 0 Å². The number of carbonyl (C=O) groups excluding carboxylic acids is 1. The lowest BCUT2D eigenvalue weighted by molar-refractivity contribution is 0.115. The van der Waals surface area contributed by atoms with Crippen molar-refractivity contribution in [3.63, 3.8) is 0 Å². The Morgan fingerprint density at radius 1 is 1.23 bits per heavy atom. The molecule has 0 unspecified atom stereocenters. The van der Waals surface area contributed by atoms with E-state index in [2.05, 4.69) is 35.1 Å². The maximum Gasteiger partial charge on any atom is 0.407 e. The lowest BCUT2D eigenvalue weighted by Gasteiger charge is -2.34. The van der Waals surface area contributed by atoms with Crippen molar-refractivity contribution >= 4 is 22.0 Å². The molecule has 1 amide bonds. The maximum absolute atomic E-state index is 11.7. The molecule has 122 valence electrons. The predicted molar refractivity (Wildman–Crippen MR) is 90.2 cm³/mol. The maximum atomic E-state index is 11.7. The quantitative estimate of drug-likeness (QED) is 0.775. The highest BCUT2D eigenvalue weighted by molar-refractivity contribution is 9.10. The molecule has 1 aliphatic carbocycles. The molecule has 5 heteroatoms. The molecule has 0 bridgehead atoms. The topological polar surface area (TPSA) is 47.6 Å². The number of halogens is 1. The molecule has 0 atom stereocenters. The number of amides is 1. The monoisotopic (exact) mass is 369 g/mol. The molecule has 1 saturated carbocycles. The minimum absolute atomic E-state index is 0.243. The van der Waals surface area contributed by atoms with E-state index in [0.29, 0.717) is 12.0 Å². The number of ether oxygens (including phenoxy) is 2. The van der Waals surface area contributed by atoms with Crippen LogP contribution in [-0.2, 0) is 4.74 Å². The number of benzene rings is 1. The Balaban J connectivity index is 1.59. The number of rotatable bonds is 5. The zero-order valence-electron chi connectivity index (χ0n) is 13.2. The van der Waals surface area contributed by atoms with Gasteiger partial charge >= 0.3 is 6.09 Å². The Hall–Kier alpha value is -1.23. The van der Waals surface area contributed by atoms with Crippen LogP contribution in [0, 0.1) is 5.41 Å². The normalized spacial score (nSPS) is 17.8. The Morgan fingerprint density at radius 2 is 1.86 bits per heavy atom.